The number of methoxy groups -OCH3 is 2. The molecule has 0 aliphatic carbocycles. The Morgan fingerprint density at radius 1 is 1.29 bits per heavy atom. The van der Waals surface area contributed by atoms with Crippen LogP contribution in [0.2, 0.25) is 0 Å². The summed E-state index contributed by atoms with van der Waals surface area (Å²) in [5.74, 6) is -1.09. The van der Waals surface area contributed by atoms with Crippen LogP contribution in [0.15, 0.2) is 16.3 Å². The number of ether oxygens (including phenoxy) is 2. The standard InChI is InChI=1S/C12H17NO6S2/c1-13(7-4-5-10(14)18-2)21(16,17)9-6-8-20-11(9)12(15)19-3/h6,8H,4-5,7H2,1-3H3. The molecule has 0 amide bonds. The fraction of sp³-hybridized carbons (Fsp3) is 0.500. The highest BCUT2D eigenvalue weighted by molar-refractivity contribution is 7.89. The summed E-state index contributed by atoms with van der Waals surface area (Å²) in [7, 11) is 0.0665. The van der Waals surface area contributed by atoms with E-state index >= 15 is 0 Å². The average Bonchev–Trinajstić information content (AvgIpc) is 2.96. The second kappa shape index (κ2) is 7.53. The van der Waals surface area contributed by atoms with Gasteiger partial charge in [0.2, 0.25) is 10.0 Å². The quantitative estimate of drug-likeness (QED) is 0.693. The van der Waals surface area contributed by atoms with Crippen LogP contribution in [0, 0.1) is 0 Å². The van der Waals surface area contributed by atoms with Crippen molar-refractivity contribution < 1.29 is 27.5 Å². The number of hydrogen-bond acceptors (Lipinski definition) is 7. The van der Waals surface area contributed by atoms with E-state index in [1.165, 1.54) is 32.7 Å². The van der Waals surface area contributed by atoms with Crippen LogP contribution in [-0.4, -0.2) is 52.5 Å². The second-order valence-corrected chi connectivity index (χ2v) is 7.04. The van der Waals surface area contributed by atoms with Crippen molar-refractivity contribution in [2.45, 2.75) is 17.7 Å². The van der Waals surface area contributed by atoms with Crippen LogP contribution in [0.1, 0.15) is 22.5 Å². The van der Waals surface area contributed by atoms with Gasteiger partial charge < -0.3 is 9.47 Å². The SMILES string of the molecule is COC(=O)CCCN(C)S(=O)(=O)c1ccsc1C(=O)OC. The molecule has 0 fully saturated rings. The van der Waals surface area contributed by atoms with Gasteiger partial charge in [-0.25, -0.2) is 17.5 Å². The third-order valence-corrected chi connectivity index (χ3v) is 5.69. The maximum Gasteiger partial charge on any atom is 0.349 e. The molecule has 21 heavy (non-hydrogen) atoms. The van der Waals surface area contributed by atoms with Crippen LogP contribution in [0.25, 0.3) is 0 Å². The maximum atomic E-state index is 12.4. The zero-order valence-corrected chi connectivity index (χ0v) is 13.6. The van der Waals surface area contributed by atoms with E-state index in [0.717, 1.165) is 15.6 Å². The number of rotatable bonds is 7. The molecular weight excluding hydrogens is 318 g/mol. The van der Waals surface area contributed by atoms with Crippen LogP contribution in [0.3, 0.4) is 0 Å². The van der Waals surface area contributed by atoms with Gasteiger partial charge in [0, 0.05) is 20.0 Å². The smallest absolute Gasteiger partial charge is 0.349 e. The van der Waals surface area contributed by atoms with Gasteiger partial charge in [-0.3, -0.25) is 4.79 Å². The van der Waals surface area contributed by atoms with E-state index in [-0.39, 0.29) is 22.7 Å². The molecule has 1 rings (SSSR count). The number of thiophene rings is 1. The minimum absolute atomic E-state index is 0.0392. The van der Waals surface area contributed by atoms with Crippen LogP contribution >= 0.6 is 11.3 Å². The molecule has 1 aromatic heterocycles. The molecule has 0 bridgehead atoms. The van der Waals surface area contributed by atoms with Crippen molar-refractivity contribution in [3.8, 4) is 0 Å². The van der Waals surface area contributed by atoms with Gasteiger partial charge in [0.1, 0.15) is 9.77 Å². The van der Waals surface area contributed by atoms with Gasteiger partial charge in [0.15, 0.2) is 0 Å². The normalized spacial score (nSPS) is 11.4. The largest absolute Gasteiger partial charge is 0.469 e. The predicted molar refractivity (Wildman–Crippen MR) is 76.7 cm³/mol. The van der Waals surface area contributed by atoms with Crippen molar-refractivity contribution in [2.75, 3.05) is 27.8 Å². The van der Waals surface area contributed by atoms with E-state index < -0.39 is 22.0 Å². The van der Waals surface area contributed by atoms with E-state index in [1.807, 2.05) is 0 Å². The van der Waals surface area contributed by atoms with E-state index in [4.69, 9.17) is 0 Å². The minimum atomic E-state index is -3.80. The molecule has 0 aliphatic heterocycles. The molecule has 0 radical (unpaired) electrons. The molecule has 0 aliphatic rings. The van der Waals surface area contributed by atoms with Crippen molar-refractivity contribution in [1.29, 1.82) is 0 Å². The first-order valence-corrected chi connectivity index (χ1v) is 8.35. The summed E-state index contributed by atoms with van der Waals surface area (Å²) in [6.45, 7) is 0.147. The lowest BCUT2D eigenvalue weighted by atomic mass is 10.3. The first-order valence-electron chi connectivity index (χ1n) is 6.03. The predicted octanol–water partition coefficient (Wildman–Crippen LogP) is 1.11. The van der Waals surface area contributed by atoms with Gasteiger partial charge in [0.25, 0.3) is 0 Å². The highest BCUT2D eigenvalue weighted by Crippen LogP contribution is 2.25. The van der Waals surface area contributed by atoms with E-state index in [9.17, 15) is 18.0 Å². The van der Waals surface area contributed by atoms with Gasteiger partial charge in [-0.2, -0.15) is 0 Å². The lowest BCUT2D eigenvalue weighted by molar-refractivity contribution is -0.140. The Morgan fingerprint density at radius 3 is 2.52 bits per heavy atom. The fourth-order valence-corrected chi connectivity index (χ4v) is 4.09. The highest BCUT2D eigenvalue weighted by Gasteiger charge is 2.28. The van der Waals surface area contributed by atoms with E-state index in [2.05, 4.69) is 9.47 Å². The molecule has 9 heteroatoms. The lowest BCUT2D eigenvalue weighted by Gasteiger charge is -2.16. The molecule has 0 saturated heterocycles. The minimum Gasteiger partial charge on any atom is -0.469 e. The lowest BCUT2D eigenvalue weighted by Crippen LogP contribution is -2.29. The first kappa shape index (κ1) is 17.6. The van der Waals surface area contributed by atoms with Gasteiger partial charge in [-0.05, 0) is 17.9 Å². The van der Waals surface area contributed by atoms with E-state index in [0.29, 0.717) is 6.42 Å². The Morgan fingerprint density at radius 2 is 1.95 bits per heavy atom. The Labute approximate surface area is 127 Å². The molecule has 7 nitrogen and oxygen atoms in total. The highest BCUT2D eigenvalue weighted by atomic mass is 32.2. The number of sulfonamides is 1. The first-order chi connectivity index (χ1) is 9.84. The molecule has 0 saturated carbocycles. The van der Waals surface area contributed by atoms with Crippen molar-refractivity contribution in [3.05, 3.63) is 16.3 Å². The zero-order chi connectivity index (χ0) is 16.0. The molecule has 0 atom stereocenters. The van der Waals surface area contributed by atoms with Gasteiger partial charge in [-0.15, -0.1) is 11.3 Å². The molecular formula is C12H17NO6S2. The summed E-state index contributed by atoms with van der Waals surface area (Å²) in [5.41, 5.74) is 0. The van der Waals surface area contributed by atoms with Crippen LogP contribution in [0.4, 0.5) is 0 Å². The molecule has 118 valence electrons. The van der Waals surface area contributed by atoms with Gasteiger partial charge in [-0.1, -0.05) is 0 Å². The number of hydrogen-bond donors (Lipinski definition) is 0. The van der Waals surface area contributed by atoms with Crippen molar-refractivity contribution >= 4 is 33.3 Å². The summed E-state index contributed by atoms with van der Waals surface area (Å²) in [4.78, 5) is 22.5. The molecule has 1 heterocycles. The Balaban J connectivity index is 2.83. The second-order valence-electron chi connectivity index (χ2n) is 4.11. The number of carbonyl (C=O) groups excluding carboxylic acids is 2. The Kier molecular flexibility index (Phi) is 6.31. The summed E-state index contributed by atoms with van der Waals surface area (Å²) in [6.07, 6.45) is 0.462. The molecule has 0 aromatic carbocycles. The van der Waals surface area contributed by atoms with Crippen LogP contribution < -0.4 is 0 Å². The summed E-state index contributed by atoms with van der Waals surface area (Å²) >= 11 is 1.00. The fourth-order valence-electron chi connectivity index (χ4n) is 1.58. The maximum absolute atomic E-state index is 12.4. The number of esters is 2. The molecule has 1 aromatic rings. The monoisotopic (exact) mass is 335 g/mol. The van der Waals surface area contributed by atoms with Crippen LogP contribution in [-0.2, 0) is 24.3 Å². The molecule has 0 N–H and O–H groups in total. The molecule has 0 spiro atoms. The summed E-state index contributed by atoms with van der Waals surface area (Å²) in [6, 6.07) is 1.36. The topological polar surface area (TPSA) is 90.0 Å². The third kappa shape index (κ3) is 4.26. The van der Waals surface area contributed by atoms with Crippen LogP contribution in [0.5, 0.6) is 0 Å². The van der Waals surface area contributed by atoms with Crippen molar-refractivity contribution in [1.82, 2.24) is 4.31 Å². The van der Waals surface area contributed by atoms with Gasteiger partial charge >= 0.3 is 11.9 Å². The summed E-state index contributed by atoms with van der Waals surface area (Å²) < 4.78 is 34.9. The molecule has 0 unspecified atom stereocenters. The number of nitrogens with zero attached hydrogens (tertiary/aromatic N) is 1. The zero-order valence-electron chi connectivity index (χ0n) is 12.0. The Hall–Kier alpha value is -1.45. The van der Waals surface area contributed by atoms with Crippen molar-refractivity contribution in [2.24, 2.45) is 0 Å². The third-order valence-electron chi connectivity index (χ3n) is 2.77. The average molecular weight is 335 g/mol. The number of carbonyl (C=O) groups is 2. The summed E-state index contributed by atoms with van der Waals surface area (Å²) in [5, 5.41) is 1.52. The van der Waals surface area contributed by atoms with Gasteiger partial charge in [0.05, 0.1) is 14.2 Å². The van der Waals surface area contributed by atoms with E-state index in [1.54, 1.807) is 0 Å². The Bertz CT molecular complexity index is 607. The van der Waals surface area contributed by atoms with Crippen molar-refractivity contribution in [3.63, 3.8) is 0 Å².